The van der Waals surface area contributed by atoms with E-state index in [-0.39, 0.29) is 16.7 Å². The Bertz CT molecular complexity index is 1050. The van der Waals surface area contributed by atoms with Crippen molar-refractivity contribution in [1.82, 2.24) is 4.90 Å². The van der Waals surface area contributed by atoms with Crippen LogP contribution >= 0.6 is 0 Å². The number of halogens is 3. The smallest absolute Gasteiger partial charge is 0.416 e. The third-order valence-corrected chi connectivity index (χ3v) is 4.85. The number of ether oxygens (including phenoxy) is 2. The molecule has 1 heterocycles. The van der Waals surface area contributed by atoms with Crippen LogP contribution in [0.1, 0.15) is 27.4 Å². The second-order valence-electron chi connectivity index (χ2n) is 6.78. The van der Waals surface area contributed by atoms with Gasteiger partial charge < -0.3 is 9.47 Å². The molecule has 9 heteroatoms. The molecule has 2 aromatic rings. The molecule has 3 rings (SSSR count). The average Bonchev–Trinajstić information content (AvgIpc) is 2.81. The van der Waals surface area contributed by atoms with Crippen LogP contribution in [0, 0.1) is 0 Å². The van der Waals surface area contributed by atoms with Crippen molar-refractivity contribution in [2.75, 3.05) is 14.2 Å². The molecule has 0 spiro atoms. The molecule has 1 aliphatic heterocycles. The van der Waals surface area contributed by atoms with Crippen LogP contribution < -0.4 is 0 Å². The highest BCUT2D eigenvalue weighted by Crippen LogP contribution is 2.38. The van der Waals surface area contributed by atoms with E-state index in [1.165, 1.54) is 12.4 Å². The third kappa shape index (κ3) is 4.56. The first-order chi connectivity index (χ1) is 15.2. The predicted molar refractivity (Wildman–Crippen MR) is 107 cm³/mol. The Morgan fingerprint density at radius 3 is 1.75 bits per heavy atom. The summed E-state index contributed by atoms with van der Waals surface area (Å²) >= 11 is 0. The maximum atomic E-state index is 13.0. The molecule has 1 amide bonds. The van der Waals surface area contributed by atoms with Gasteiger partial charge in [0.25, 0.3) is 5.91 Å². The highest BCUT2D eigenvalue weighted by Gasteiger charge is 2.37. The number of carbonyl (C=O) groups excluding carboxylic acids is 3. The molecule has 0 unspecified atom stereocenters. The summed E-state index contributed by atoms with van der Waals surface area (Å²) in [4.78, 5) is 39.1. The standard InChI is InChI=1S/C23H18F3NO5/c1-31-21(29)17-12-27(20(28)15-6-4-3-5-7-15)13-18(22(30)32-2)19(17)14-8-10-16(11-9-14)23(24,25)26/h3-13,19H,1-2H3. The Balaban J connectivity index is 2.12. The molecule has 0 atom stereocenters. The van der Waals surface area contributed by atoms with Crippen molar-refractivity contribution >= 4 is 17.8 Å². The van der Waals surface area contributed by atoms with Crippen LogP contribution in [-0.4, -0.2) is 37.0 Å². The molecule has 0 N–H and O–H groups in total. The zero-order chi connectivity index (χ0) is 23.5. The number of nitrogens with zero attached hydrogens (tertiary/aromatic N) is 1. The van der Waals surface area contributed by atoms with E-state index in [1.807, 2.05) is 0 Å². The van der Waals surface area contributed by atoms with Crippen molar-refractivity contribution in [2.24, 2.45) is 0 Å². The number of hydrogen-bond donors (Lipinski definition) is 0. The van der Waals surface area contributed by atoms with E-state index in [4.69, 9.17) is 9.47 Å². The number of alkyl halides is 3. The molecule has 0 aliphatic carbocycles. The summed E-state index contributed by atoms with van der Waals surface area (Å²) in [5.41, 5.74) is -0.594. The van der Waals surface area contributed by atoms with E-state index in [1.54, 1.807) is 30.3 Å². The Hall–Kier alpha value is -3.88. The van der Waals surface area contributed by atoms with Gasteiger partial charge in [-0.25, -0.2) is 9.59 Å². The van der Waals surface area contributed by atoms with Crippen molar-refractivity contribution < 1.29 is 37.0 Å². The van der Waals surface area contributed by atoms with Crippen LogP contribution in [0.4, 0.5) is 13.2 Å². The number of carbonyl (C=O) groups is 3. The first-order valence-corrected chi connectivity index (χ1v) is 9.32. The summed E-state index contributed by atoms with van der Waals surface area (Å²) in [7, 11) is 2.24. The van der Waals surface area contributed by atoms with Crippen molar-refractivity contribution in [3.63, 3.8) is 0 Å². The average molecular weight is 445 g/mol. The summed E-state index contributed by atoms with van der Waals surface area (Å²) < 4.78 is 48.5. The lowest BCUT2D eigenvalue weighted by atomic mass is 9.83. The number of rotatable bonds is 4. The van der Waals surface area contributed by atoms with Crippen molar-refractivity contribution in [3.05, 3.63) is 94.8 Å². The number of methoxy groups -OCH3 is 2. The van der Waals surface area contributed by atoms with Crippen molar-refractivity contribution in [2.45, 2.75) is 12.1 Å². The van der Waals surface area contributed by atoms with Gasteiger partial charge in [-0.2, -0.15) is 13.2 Å². The van der Waals surface area contributed by atoms with E-state index < -0.39 is 35.5 Å². The van der Waals surface area contributed by atoms with Crippen LogP contribution in [0.2, 0.25) is 0 Å². The Morgan fingerprint density at radius 2 is 1.31 bits per heavy atom. The summed E-state index contributed by atoms with van der Waals surface area (Å²) in [6.45, 7) is 0. The monoisotopic (exact) mass is 445 g/mol. The maximum Gasteiger partial charge on any atom is 0.416 e. The van der Waals surface area contributed by atoms with E-state index >= 15 is 0 Å². The highest BCUT2D eigenvalue weighted by molar-refractivity contribution is 6.02. The summed E-state index contributed by atoms with van der Waals surface area (Å²) in [5.74, 6) is -3.33. The first-order valence-electron chi connectivity index (χ1n) is 9.32. The van der Waals surface area contributed by atoms with Gasteiger partial charge in [0.1, 0.15) is 0 Å². The summed E-state index contributed by atoms with van der Waals surface area (Å²) in [6, 6.07) is 12.2. The van der Waals surface area contributed by atoms with Crippen LogP contribution in [-0.2, 0) is 25.2 Å². The number of benzene rings is 2. The van der Waals surface area contributed by atoms with Crippen molar-refractivity contribution in [3.8, 4) is 0 Å². The normalized spacial score (nSPS) is 14.3. The second kappa shape index (κ2) is 9.09. The second-order valence-corrected chi connectivity index (χ2v) is 6.78. The van der Waals surface area contributed by atoms with Crippen LogP contribution in [0.5, 0.6) is 0 Å². The molecule has 32 heavy (non-hydrogen) atoms. The third-order valence-electron chi connectivity index (χ3n) is 4.85. The van der Waals surface area contributed by atoms with Crippen LogP contribution in [0.15, 0.2) is 78.1 Å². The molecule has 0 aromatic heterocycles. The fourth-order valence-corrected chi connectivity index (χ4v) is 3.30. The first kappa shape index (κ1) is 22.8. The molecule has 0 bridgehead atoms. The van der Waals surface area contributed by atoms with E-state index in [0.29, 0.717) is 5.56 Å². The van der Waals surface area contributed by atoms with Gasteiger partial charge in [0.05, 0.1) is 36.8 Å². The molecule has 0 saturated carbocycles. The molecule has 0 fully saturated rings. The largest absolute Gasteiger partial charge is 0.466 e. The van der Waals surface area contributed by atoms with E-state index in [9.17, 15) is 27.6 Å². The molecule has 2 aromatic carbocycles. The zero-order valence-corrected chi connectivity index (χ0v) is 17.1. The fraction of sp³-hybridized carbons (Fsp3) is 0.174. The van der Waals surface area contributed by atoms with Gasteiger partial charge in [0, 0.05) is 18.0 Å². The lowest BCUT2D eigenvalue weighted by molar-refractivity contribution is -0.138. The lowest BCUT2D eigenvalue weighted by Gasteiger charge is -2.29. The predicted octanol–water partition coefficient (Wildman–Crippen LogP) is 4.06. The van der Waals surface area contributed by atoms with Gasteiger partial charge in [-0.3, -0.25) is 9.69 Å². The molecular weight excluding hydrogens is 427 g/mol. The summed E-state index contributed by atoms with van der Waals surface area (Å²) in [6.07, 6.45) is -2.14. The van der Waals surface area contributed by atoms with Gasteiger partial charge in [0.15, 0.2) is 0 Å². The minimum atomic E-state index is -4.55. The van der Waals surface area contributed by atoms with Crippen molar-refractivity contribution in [1.29, 1.82) is 0 Å². The topological polar surface area (TPSA) is 72.9 Å². The minimum absolute atomic E-state index is 0.112. The van der Waals surface area contributed by atoms with Crippen LogP contribution in [0.3, 0.4) is 0 Å². The van der Waals surface area contributed by atoms with Gasteiger partial charge in [-0.1, -0.05) is 30.3 Å². The zero-order valence-electron chi connectivity index (χ0n) is 17.1. The molecular formula is C23H18F3NO5. The Labute approximate surface area is 181 Å². The molecule has 166 valence electrons. The van der Waals surface area contributed by atoms with Gasteiger partial charge in [0.2, 0.25) is 0 Å². The Morgan fingerprint density at radius 1 is 0.812 bits per heavy atom. The number of esters is 2. The molecule has 0 radical (unpaired) electrons. The lowest BCUT2D eigenvalue weighted by Crippen LogP contribution is -2.31. The molecule has 6 nitrogen and oxygen atoms in total. The highest BCUT2D eigenvalue weighted by atomic mass is 19.4. The Kier molecular flexibility index (Phi) is 6.47. The maximum absolute atomic E-state index is 13.0. The quantitative estimate of drug-likeness (QED) is 0.664. The summed E-state index contributed by atoms with van der Waals surface area (Å²) in [5, 5.41) is 0. The fourth-order valence-electron chi connectivity index (χ4n) is 3.30. The minimum Gasteiger partial charge on any atom is -0.466 e. The van der Waals surface area contributed by atoms with E-state index in [0.717, 1.165) is 43.4 Å². The number of hydrogen-bond acceptors (Lipinski definition) is 5. The van der Waals surface area contributed by atoms with Gasteiger partial charge in [-0.05, 0) is 29.8 Å². The van der Waals surface area contributed by atoms with Crippen LogP contribution in [0.25, 0.3) is 0 Å². The number of amides is 1. The SMILES string of the molecule is COC(=O)C1=CN(C(=O)c2ccccc2)C=C(C(=O)OC)C1c1ccc(C(F)(F)F)cc1. The van der Waals surface area contributed by atoms with Gasteiger partial charge in [-0.15, -0.1) is 0 Å². The molecule has 0 saturated heterocycles. The van der Waals surface area contributed by atoms with E-state index in [2.05, 4.69) is 0 Å². The van der Waals surface area contributed by atoms with Gasteiger partial charge >= 0.3 is 18.1 Å². The molecule has 1 aliphatic rings.